The summed E-state index contributed by atoms with van der Waals surface area (Å²) < 4.78 is 10.6. The largest absolute Gasteiger partial charge is 0.494 e. The maximum atomic E-state index is 12.0. The van der Waals surface area contributed by atoms with Gasteiger partial charge in [0.2, 0.25) is 0 Å². The molecule has 0 unspecified atom stereocenters. The lowest BCUT2D eigenvalue weighted by Gasteiger charge is -2.34. The SMILES string of the molecule is C[C@H]1[C@H](C)CCC[C@H]1NC(=O)COC(=O)CCCOc1ccccc1. The Hall–Kier alpha value is -2.04. The third-order valence-corrected chi connectivity index (χ3v) is 4.95. The van der Waals surface area contributed by atoms with Gasteiger partial charge in [-0.15, -0.1) is 0 Å². The van der Waals surface area contributed by atoms with E-state index in [-0.39, 0.29) is 30.9 Å². The van der Waals surface area contributed by atoms with Gasteiger partial charge in [0.25, 0.3) is 5.91 Å². The minimum Gasteiger partial charge on any atom is -0.494 e. The van der Waals surface area contributed by atoms with Crippen LogP contribution in [0.4, 0.5) is 0 Å². The van der Waals surface area contributed by atoms with E-state index in [4.69, 9.17) is 9.47 Å². The summed E-state index contributed by atoms with van der Waals surface area (Å²) in [5.41, 5.74) is 0. The molecule has 1 amide bonds. The summed E-state index contributed by atoms with van der Waals surface area (Å²) in [6.45, 7) is 4.65. The Morgan fingerprint density at radius 2 is 1.92 bits per heavy atom. The van der Waals surface area contributed by atoms with Crippen molar-refractivity contribution in [2.24, 2.45) is 11.8 Å². The number of amides is 1. The van der Waals surface area contributed by atoms with Gasteiger partial charge in [-0.1, -0.05) is 44.9 Å². The first-order valence-corrected chi connectivity index (χ1v) is 9.19. The maximum Gasteiger partial charge on any atom is 0.306 e. The number of ether oxygens (including phenoxy) is 2. The fourth-order valence-corrected chi connectivity index (χ4v) is 3.18. The molecule has 1 aliphatic carbocycles. The predicted octanol–water partition coefficient (Wildman–Crippen LogP) is 3.33. The molecule has 1 aliphatic rings. The third-order valence-electron chi connectivity index (χ3n) is 4.95. The van der Waals surface area contributed by atoms with Crippen LogP contribution in [0.5, 0.6) is 5.75 Å². The minimum absolute atomic E-state index is 0.189. The number of hydrogen-bond donors (Lipinski definition) is 1. The van der Waals surface area contributed by atoms with Crippen LogP contribution in [0.25, 0.3) is 0 Å². The van der Waals surface area contributed by atoms with Gasteiger partial charge in [-0.3, -0.25) is 9.59 Å². The van der Waals surface area contributed by atoms with Crippen molar-refractivity contribution < 1.29 is 19.1 Å². The predicted molar refractivity (Wildman–Crippen MR) is 96.2 cm³/mol. The molecule has 1 aromatic carbocycles. The quantitative estimate of drug-likeness (QED) is 0.579. The van der Waals surface area contributed by atoms with E-state index < -0.39 is 0 Å². The molecule has 0 heterocycles. The van der Waals surface area contributed by atoms with Crippen LogP contribution in [0, 0.1) is 11.8 Å². The topological polar surface area (TPSA) is 64.6 Å². The van der Waals surface area contributed by atoms with Gasteiger partial charge in [0.15, 0.2) is 6.61 Å². The Bertz CT molecular complexity index is 546. The van der Waals surface area contributed by atoms with Gasteiger partial charge in [-0.25, -0.2) is 0 Å². The maximum absolute atomic E-state index is 12.0. The van der Waals surface area contributed by atoms with E-state index in [2.05, 4.69) is 19.2 Å². The van der Waals surface area contributed by atoms with Gasteiger partial charge in [-0.2, -0.15) is 0 Å². The van der Waals surface area contributed by atoms with E-state index in [1.54, 1.807) is 0 Å². The Kier molecular flexibility index (Phi) is 7.76. The summed E-state index contributed by atoms with van der Waals surface area (Å²) in [5.74, 6) is 1.29. The Labute approximate surface area is 150 Å². The third kappa shape index (κ3) is 6.77. The second-order valence-electron chi connectivity index (χ2n) is 6.87. The summed E-state index contributed by atoms with van der Waals surface area (Å²) in [6, 6.07) is 9.65. The second kappa shape index (κ2) is 10.1. The monoisotopic (exact) mass is 347 g/mol. The summed E-state index contributed by atoms with van der Waals surface area (Å²) >= 11 is 0. The van der Waals surface area contributed by atoms with Crippen molar-refractivity contribution in [3.8, 4) is 5.75 Å². The zero-order chi connectivity index (χ0) is 18.1. The van der Waals surface area contributed by atoms with Crippen LogP contribution in [-0.4, -0.2) is 31.1 Å². The molecule has 0 bridgehead atoms. The number of esters is 1. The number of carbonyl (C=O) groups is 2. The van der Waals surface area contributed by atoms with Crippen LogP contribution >= 0.6 is 0 Å². The summed E-state index contributed by atoms with van der Waals surface area (Å²) in [4.78, 5) is 23.7. The molecule has 1 saturated carbocycles. The molecular formula is C20H29NO4. The minimum atomic E-state index is -0.364. The average Bonchev–Trinajstić information content (AvgIpc) is 2.62. The van der Waals surface area contributed by atoms with Gasteiger partial charge < -0.3 is 14.8 Å². The number of benzene rings is 1. The highest BCUT2D eigenvalue weighted by Gasteiger charge is 2.28. The van der Waals surface area contributed by atoms with Crippen molar-refractivity contribution in [2.75, 3.05) is 13.2 Å². The molecular weight excluding hydrogens is 318 g/mol. The van der Waals surface area contributed by atoms with Gasteiger partial charge >= 0.3 is 5.97 Å². The summed E-state index contributed by atoms with van der Waals surface area (Å²) in [7, 11) is 0. The van der Waals surface area contributed by atoms with Crippen molar-refractivity contribution in [3.63, 3.8) is 0 Å². The average molecular weight is 347 g/mol. The number of para-hydroxylation sites is 1. The zero-order valence-electron chi connectivity index (χ0n) is 15.2. The Morgan fingerprint density at radius 1 is 1.16 bits per heavy atom. The Morgan fingerprint density at radius 3 is 2.68 bits per heavy atom. The molecule has 1 fully saturated rings. The van der Waals surface area contributed by atoms with Gasteiger partial charge in [0.1, 0.15) is 5.75 Å². The lowest BCUT2D eigenvalue weighted by atomic mass is 9.78. The molecule has 0 aromatic heterocycles. The van der Waals surface area contributed by atoms with Crippen molar-refractivity contribution in [2.45, 2.75) is 52.0 Å². The van der Waals surface area contributed by atoms with E-state index in [0.717, 1.165) is 18.6 Å². The first kappa shape index (κ1) is 19.3. The van der Waals surface area contributed by atoms with Crippen LogP contribution < -0.4 is 10.1 Å². The summed E-state index contributed by atoms with van der Waals surface area (Å²) in [5, 5.41) is 3.00. The lowest BCUT2D eigenvalue weighted by Crippen LogP contribution is -2.45. The molecule has 0 radical (unpaired) electrons. The summed E-state index contributed by atoms with van der Waals surface area (Å²) in [6.07, 6.45) is 4.16. The highest BCUT2D eigenvalue weighted by atomic mass is 16.5. The number of rotatable bonds is 8. The van der Waals surface area contributed by atoms with Crippen LogP contribution in [0.3, 0.4) is 0 Å². The fourth-order valence-electron chi connectivity index (χ4n) is 3.18. The van der Waals surface area contributed by atoms with E-state index in [0.29, 0.717) is 24.9 Å². The van der Waals surface area contributed by atoms with E-state index >= 15 is 0 Å². The van der Waals surface area contributed by atoms with Gasteiger partial charge in [0, 0.05) is 12.5 Å². The van der Waals surface area contributed by atoms with Crippen molar-refractivity contribution in [1.82, 2.24) is 5.32 Å². The van der Waals surface area contributed by atoms with Crippen molar-refractivity contribution in [3.05, 3.63) is 30.3 Å². The van der Waals surface area contributed by atoms with Gasteiger partial charge in [0.05, 0.1) is 6.61 Å². The van der Waals surface area contributed by atoms with Crippen LogP contribution in [-0.2, 0) is 14.3 Å². The molecule has 25 heavy (non-hydrogen) atoms. The smallest absolute Gasteiger partial charge is 0.306 e. The van der Waals surface area contributed by atoms with E-state index in [9.17, 15) is 9.59 Å². The number of hydrogen-bond acceptors (Lipinski definition) is 4. The van der Waals surface area contributed by atoms with Gasteiger partial charge in [-0.05, 0) is 36.8 Å². The van der Waals surface area contributed by atoms with Crippen molar-refractivity contribution in [1.29, 1.82) is 0 Å². The molecule has 1 N–H and O–H groups in total. The molecule has 1 aromatic rings. The highest BCUT2D eigenvalue weighted by Crippen LogP contribution is 2.29. The zero-order valence-corrected chi connectivity index (χ0v) is 15.2. The number of carbonyl (C=O) groups excluding carboxylic acids is 2. The molecule has 5 heteroatoms. The molecule has 0 saturated heterocycles. The first-order chi connectivity index (χ1) is 12.1. The molecule has 2 rings (SSSR count). The molecule has 0 aliphatic heterocycles. The normalized spacial score (nSPS) is 22.9. The van der Waals surface area contributed by atoms with E-state index in [1.807, 2.05) is 30.3 Å². The number of nitrogens with one attached hydrogen (secondary N) is 1. The Balaban J connectivity index is 1.57. The van der Waals surface area contributed by atoms with Crippen LogP contribution in [0.2, 0.25) is 0 Å². The highest BCUT2D eigenvalue weighted by molar-refractivity contribution is 5.80. The fraction of sp³-hybridized carbons (Fsp3) is 0.600. The standard InChI is InChI=1S/C20H29NO4/c1-15-8-6-11-18(16(15)2)21-19(22)14-25-20(23)12-7-13-24-17-9-4-3-5-10-17/h3-5,9-10,15-16,18H,6-8,11-14H2,1-2H3,(H,21,22)/t15-,16+,18-/m1/s1. The van der Waals surface area contributed by atoms with Crippen LogP contribution in [0.15, 0.2) is 30.3 Å². The molecule has 0 spiro atoms. The molecule has 3 atom stereocenters. The van der Waals surface area contributed by atoms with Crippen LogP contribution in [0.1, 0.15) is 46.0 Å². The lowest BCUT2D eigenvalue weighted by molar-refractivity contribution is -0.149. The molecule has 138 valence electrons. The van der Waals surface area contributed by atoms with E-state index in [1.165, 1.54) is 6.42 Å². The second-order valence-corrected chi connectivity index (χ2v) is 6.87. The van der Waals surface area contributed by atoms with Crippen molar-refractivity contribution >= 4 is 11.9 Å². The first-order valence-electron chi connectivity index (χ1n) is 9.19. The molecule has 5 nitrogen and oxygen atoms in total.